The molecule has 0 bridgehead atoms. The monoisotopic (exact) mass is 287 g/mol. The third kappa shape index (κ3) is 2.70. The average Bonchev–Trinajstić information content (AvgIpc) is 3.09. The van der Waals surface area contributed by atoms with Crippen molar-refractivity contribution in [3.63, 3.8) is 0 Å². The lowest BCUT2D eigenvalue weighted by molar-refractivity contribution is -0.125. The van der Waals surface area contributed by atoms with Crippen molar-refractivity contribution in [1.82, 2.24) is 4.98 Å². The number of amides is 1. The second-order valence-corrected chi connectivity index (χ2v) is 5.34. The van der Waals surface area contributed by atoms with Gasteiger partial charge in [0.1, 0.15) is 0 Å². The number of nitrogens with zero attached hydrogens (tertiary/aromatic N) is 2. The van der Waals surface area contributed by atoms with Crippen LogP contribution in [-0.4, -0.2) is 22.7 Å². The normalized spacial score (nSPS) is 17.4. The first-order valence-electron chi connectivity index (χ1n) is 6.23. The number of carbonyl (C=O) groups is 1. The van der Waals surface area contributed by atoms with E-state index in [1.807, 2.05) is 42.6 Å². The summed E-state index contributed by atoms with van der Waals surface area (Å²) in [7, 11) is 0. The molecule has 1 aromatic heterocycles. The Balaban J connectivity index is 1.62. The Labute approximate surface area is 120 Å². The number of rotatable bonds is 3. The van der Waals surface area contributed by atoms with Crippen molar-refractivity contribution in [3.05, 3.63) is 47.0 Å². The first-order valence-corrected chi connectivity index (χ1v) is 7.11. The van der Waals surface area contributed by atoms with E-state index >= 15 is 0 Å². The fourth-order valence-corrected chi connectivity index (χ4v) is 2.61. The van der Waals surface area contributed by atoms with Crippen molar-refractivity contribution in [2.24, 2.45) is 5.16 Å². The van der Waals surface area contributed by atoms with Crippen LogP contribution in [-0.2, 0) is 9.63 Å². The van der Waals surface area contributed by atoms with Crippen LogP contribution in [0.25, 0.3) is 0 Å². The molecule has 0 saturated carbocycles. The molecule has 0 unspecified atom stereocenters. The van der Waals surface area contributed by atoms with Gasteiger partial charge < -0.3 is 4.84 Å². The van der Waals surface area contributed by atoms with E-state index in [1.54, 1.807) is 0 Å². The van der Waals surface area contributed by atoms with Gasteiger partial charge >= 0.3 is 0 Å². The lowest BCUT2D eigenvalue weighted by atomic mass is 10.1. The summed E-state index contributed by atoms with van der Waals surface area (Å²) < 4.78 is 0. The number of oxime groups is 1. The van der Waals surface area contributed by atoms with Crippen LogP contribution in [0, 0.1) is 6.92 Å². The number of aromatic nitrogens is 1. The van der Waals surface area contributed by atoms with Crippen molar-refractivity contribution >= 4 is 28.1 Å². The number of thiazole rings is 1. The molecule has 1 aromatic carbocycles. The summed E-state index contributed by atoms with van der Waals surface area (Å²) in [6.45, 7) is 1.88. The van der Waals surface area contributed by atoms with E-state index in [1.165, 1.54) is 11.3 Å². The lowest BCUT2D eigenvalue weighted by Gasteiger charge is -2.06. The summed E-state index contributed by atoms with van der Waals surface area (Å²) in [5.41, 5.74) is 2.66. The summed E-state index contributed by atoms with van der Waals surface area (Å²) in [5, 5.41) is 9.21. The van der Waals surface area contributed by atoms with Crippen LogP contribution < -0.4 is 5.32 Å². The van der Waals surface area contributed by atoms with Gasteiger partial charge in [-0.3, -0.25) is 10.1 Å². The van der Waals surface area contributed by atoms with Crippen molar-refractivity contribution in [1.29, 1.82) is 0 Å². The molecule has 0 radical (unpaired) electrons. The summed E-state index contributed by atoms with van der Waals surface area (Å²) in [4.78, 5) is 21.5. The molecule has 5 nitrogen and oxygen atoms in total. The van der Waals surface area contributed by atoms with Crippen LogP contribution in [0.3, 0.4) is 0 Å². The van der Waals surface area contributed by atoms with Gasteiger partial charge in [-0.05, 0) is 12.5 Å². The van der Waals surface area contributed by atoms with Gasteiger partial charge in [-0.1, -0.05) is 35.5 Å². The molecule has 1 amide bonds. The van der Waals surface area contributed by atoms with Crippen LogP contribution in [0.1, 0.15) is 17.7 Å². The molecule has 1 aliphatic heterocycles. The van der Waals surface area contributed by atoms with Crippen molar-refractivity contribution in [2.45, 2.75) is 19.4 Å². The van der Waals surface area contributed by atoms with E-state index in [0.717, 1.165) is 17.0 Å². The Bertz CT molecular complexity index is 651. The molecule has 1 atom stereocenters. The molecule has 6 heteroatoms. The topological polar surface area (TPSA) is 63.6 Å². The zero-order chi connectivity index (χ0) is 13.9. The summed E-state index contributed by atoms with van der Waals surface area (Å²) in [5.74, 6) is -0.214. The number of hydrogen-bond donors (Lipinski definition) is 1. The van der Waals surface area contributed by atoms with Gasteiger partial charge in [0.05, 0.1) is 11.4 Å². The van der Waals surface area contributed by atoms with E-state index in [2.05, 4.69) is 15.5 Å². The number of aryl methyl sites for hydroxylation is 1. The zero-order valence-electron chi connectivity index (χ0n) is 10.9. The third-order valence-corrected chi connectivity index (χ3v) is 3.79. The molecule has 2 heterocycles. The molecule has 0 aliphatic carbocycles. The molecule has 20 heavy (non-hydrogen) atoms. The summed E-state index contributed by atoms with van der Waals surface area (Å²) in [6.07, 6.45) is -0.116. The molecule has 102 valence electrons. The highest BCUT2D eigenvalue weighted by atomic mass is 32.1. The van der Waals surface area contributed by atoms with Gasteiger partial charge in [-0.15, -0.1) is 11.3 Å². The number of carbonyl (C=O) groups excluding carboxylic acids is 1. The van der Waals surface area contributed by atoms with Crippen LogP contribution in [0.4, 0.5) is 5.13 Å². The van der Waals surface area contributed by atoms with Crippen LogP contribution in [0.2, 0.25) is 0 Å². The molecule has 1 aliphatic rings. The smallest absolute Gasteiger partial charge is 0.270 e. The van der Waals surface area contributed by atoms with E-state index in [0.29, 0.717) is 11.6 Å². The SMILES string of the molecule is Cc1csc(NC(=O)[C@H]2CC(c3ccccc3)=NO2)n1. The standard InChI is InChI=1S/C14H13N3O2S/c1-9-8-20-14(15-9)16-13(18)12-7-11(17-19-12)10-5-3-2-4-6-10/h2-6,8,12H,7H2,1H3,(H,15,16,18)/t12-/m1/s1. The Morgan fingerprint density at radius 1 is 1.40 bits per heavy atom. The van der Waals surface area contributed by atoms with Gasteiger partial charge in [0.2, 0.25) is 6.10 Å². The molecular weight excluding hydrogens is 274 g/mol. The Morgan fingerprint density at radius 3 is 2.90 bits per heavy atom. The minimum absolute atomic E-state index is 0.214. The average molecular weight is 287 g/mol. The van der Waals surface area contributed by atoms with Gasteiger partial charge in [-0.2, -0.15) is 0 Å². The van der Waals surface area contributed by atoms with Crippen LogP contribution in [0.15, 0.2) is 40.9 Å². The first-order chi connectivity index (χ1) is 9.72. The summed E-state index contributed by atoms with van der Waals surface area (Å²) >= 11 is 1.40. The minimum atomic E-state index is -0.589. The Kier molecular flexibility index (Phi) is 3.47. The van der Waals surface area contributed by atoms with Crippen molar-refractivity contribution in [3.8, 4) is 0 Å². The second kappa shape index (κ2) is 5.42. The van der Waals surface area contributed by atoms with Gasteiger partial charge in [0.25, 0.3) is 5.91 Å². The maximum absolute atomic E-state index is 12.1. The van der Waals surface area contributed by atoms with E-state index < -0.39 is 6.10 Å². The highest BCUT2D eigenvalue weighted by Gasteiger charge is 2.29. The Hall–Kier alpha value is -2.21. The fraction of sp³-hybridized carbons (Fsp3) is 0.214. The van der Waals surface area contributed by atoms with E-state index in [4.69, 9.17) is 4.84 Å². The fourth-order valence-electron chi connectivity index (χ4n) is 1.92. The maximum Gasteiger partial charge on any atom is 0.270 e. The maximum atomic E-state index is 12.1. The van der Waals surface area contributed by atoms with Crippen LogP contribution in [0.5, 0.6) is 0 Å². The molecule has 1 N–H and O–H groups in total. The predicted octanol–water partition coefficient (Wildman–Crippen LogP) is 2.58. The molecular formula is C14H13N3O2S. The van der Waals surface area contributed by atoms with Gasteiger partial charge in [0, 0.05) is 11.8 Å². The van der Waals surface area contributed by atoms with Gasteiger partial charge in [0.15, 0.2) is 5.13 Å². The third-order valence-electron chi connectivity index (χ3n) is 2.92. The summed E-state index contributed by atoms with van der Waals surface area (Å²) in [6, 6.07) is 9.71. The van der Waals surface area contributed by atoms with E-state index in [9.17, 15) is 4.79 Å². The molecule has 0 fully saturated rings. The number of benzene rings is 1. The highest BCUT2D eigenvalue weighted by molar-refractivity contribution is 7.13. The molecule has 0 saturated heterocycles. The van der Waals surface area contributed by atoms with Gasteiger partial charge in [-0.25, -0.2) is 4.98 Å². The van der Waals surface area contributed by atoms with E-state index in [-0.39, 0.29) is 5.91 Å². The number of anilines is 1. The second-order valence-electron chi connectivity index (χ2n) is 4.49. The molecule has 0 spiro atoms. The van der Waals surface area contributed by atoms with Crippen molar-refractivity contribution in [2.75, 3.05) is 5.32 Å². The molecule has 3 rings (SSSR count). The zero-order valence-corrected chi connectivity index (χ0v) is 11.7. The predicted molar refractivity (Wildman–Crippen MR) is 77.9 cm³/mol. The number of hydrogen-bond acceptors (Lipinski definition) is 5. The minimum Gasteiger partial charge on any atom is -0.382 e. The lowest BCUT2D eigenvalue weighted by Crippen LogP contribution is -2.28. The Morgan fingerprint density at radius 2 is 2.20 bits per heavy atom. The molecule has 2 aromatic rings. The quantitative estimate of drug-likeness (QED) is 0.943. The van der Waals surface area contributed by atoms with Crippen molar-refractivity contribution < 1.29 is 9.63 Å². The largest absolute Gasteiger partial charge is 0.382 e. The van der Waals surface area contributed by atoms with Crippen LogP contribution >= 0.6 is 11.3 Å². The highest BCUT2D eigenvalue weighted by Crippen LogP contribution is 2.20. The first kappa shape index (κ1) is 12.8. The number of nitrogens with one attached hydrogen (secondary N) is 1.